The normalized spacial score (nSPS) is 12.8. The van der Waals surface area contributed by atoms with Gasteiger partial charge in [-0.25, -0.2) is 9.78 Å². The van der Waals surface area contributed by atoms with E-state index in [1.54, 1.807) is 23.7 Å². The minimum absolute atomic E-state index is 0.309. The second kappa shape index (κ2) is 6.64. The minimum atomic E-state index is -0.514. The van der Waals surface area contributed by atoms with Gasteiger partial charge < -0.3 is 10.1 Å². The van der Waals surface area contributed by atoms with Gasteiger partial charge in [-0.3, -0.25) is 4.79 Å². The van der Waals surface area contributed by atoms with Crippen LogP contribution in [-0.4, -0.2) is 23.5 Å². The second-order valence-corrected chi connectivity index (χ2v) is 6.88. The number of thiazole rings is 1. The SMILES string of the molecule is O=C(COC(=O)c1ccc2ncsc2c1)Nc1ccc2c(c1)CCC2. The van der Waals surface area contributed by atoms with Gasteiger partial charge in [-0.15, -0.1) is 11.3 Å². The zero-order valence-electron chi connectivity index (χ0n) is 13.5. The third kappa shape index (κ3) is 3.39. The van der Waals surface area contributed by atoms with Gasteiger partial charge in [-0.1, -0.05) is 6.07 Å². The van der Waals surface area contributed by atoms with Crippen LogP contribution in [0.3, 0.4) is 0 Å². The number of amides is 1. The summed E-state index contributed by atoms with van der Waals surface area (Å²) in [6, 6.07) is 11.1. The predicted octanol–water partition coefficient (Wildman–Crippen LogP) is 3.58. The molecule has 0 aliphatic heterocycles. The Labute approximate surface area is 148 Å². The number of hydrogen-bond acceptors (Lipinski definition) is 5. The lowest BCUT2D eigenvalue weighted by Crippen LogP contribution is -2.21. The quantitative estimate of drug-likeness (QED) is 0.729. The van der Waals surface area contributed by atoms with Crippen molar-refractivity contribution in [3.8, 4) is 0 Å². The highest BCUT2D eigenvalue weighted by atomic mass is 32.1. The number of ether oxygens (including phenoxy) is 1. The topological polar surface area (TPSA) is 68.3 Å². The highest BCUT2D eigenvalue weighted by Gasteiger charge is 2.14. The van der Waals surface area contributed by atoms with E-state index in [2.05, 4.69) is 10.3 Å². The monoisotopic (exact) mass is 352 g/mol. The zero-order valence-corrected chi connectivity index (χ0v) is 14.3. The molecule has 1 aliphatic carbocycles. The number of carbonyl (C=O) groups excluding carboxylic acids is 2. The van der Waals surface area contributed by atoms with Crippen LogP contribution in [0, 0.1) is 0 Å². The van der Waals surface area contributed by atoms with Crippen molar-refractivity contribution in [1.29, 1.82) is 0 Å². The van der Waals surface area contributed by atoms with E-state index in [-0.39, 0.29) is 12.5 Å². The average Bonchev–Trinajstić information content (AvgIpc) is 3.27. The first-order valence-corrected chi connectivity index (χ1v) is 8.99. The van der Waals surface area contributed by atoms with E-state index in [1.807, 2.05) is 18.2 Å². The van der Waals surface area contributed by atoms with Crippen molar-refractivity contribution in [3.05, 3.63) is 58.6 Å². The first-order valence-electron chi connectivity index (χ1n) is 8.11. The molecule has 0 bridgehead atoms. The number of hydrogen-bond donors (Lipinski definition) is 1. The molecular formula is C19H16N2O3S. The summed E-state index contributed by atoms with van der Waals surface area (Å²) >= 11 is 1.46. The molecule has 0 radical (unpaired) electrons. The Kier molecular flexibility index (Phi) is 4.19. The average molecular weight is 352 g/mol. The Morgan fingerprint density at radius 1 is 1.12 bits per heavy atom. The third-order valence-electron chi connectivity index (χ3n) is 4.28. The highest BCUT2D eigenvalue weighted by molar-refractivity contribution is 7.16. The molecule has 0 spiro atoms. The summed E-state index contributed by atoms with van der Waals surface area (Å²) in [6.07, 6.45) is 3.31. The number of aryl methyl sites for hydroxylation is 2. The fraction of sp³-hybridized carbons (Fsp3) is 0.211. The summed E-state index contributed by atoms with van der Waals surface area (Å²) in [5.41, 5.74) is 6.37. The van der Waals surface area contributed by atoms with E-state index >= 15 is 0 Å². The van der Waals surface area contributed by atoms with Gasteiger partial charge in [-0.2, -0.15) is 0 Å². The zero-order chi connectivity index (χ0) is 17.2. The van der Waals surface area contributed by atoms with Crippen molar-refractivity contribution in [3.63, 3.8) is 0 Å². The molecule has 126 valence electrons. The number of nitrogens with zero attached hydrogens (tertiary/aromatic N) is 1. The first kappa shape index (κ1) is 15.8. The van der Waals surface area contributed by atoms with Gasteiger partial charge in [0.25, 0.3) is 5.91 Å². The second-order valence-electron chi connectivity index (χ2n) is 6.00. The van der Waals surface area contributed by atoms with Gasteiger partial charge in [0.05, 0.1) is 21.3 Å². The molecule has 0 saturated heterocycles. The summed E-state index contributed by atoms with van der Waals surface area (Å²) in [5.74, 6) is -0.857. The first-order chi connectivity index (χ1) is 12.2. The smallest absolute Gasteiger partial charge is 0.338 e. The van der Waals surface area contributed by atoms with Gasteiger partial charge >= 0.3 is 5.97 Å². The molecule has 0 unspecified atom stereocenters. The molecule has 1 amide bonds. The van der Waals surface area contributed by atoms with Crippen LogP contribution in [0.15, 0.2) is 41.9 Å². The number of aromatic nitrogens is 1. The lowest BCUT2D eigenvalue weighted by Gasteiger charge is -2.08. The molecule has 4 rings (SSSR count). The largest absolute Gasteiger partial charge is 0.452 e. The van der Waals surface area contributed by atoms with Gasteiger partial charge in [0.15, 0.2) is 6.61 Å². The van der Waals surface area contributed by atoms with Crippen molar-refractivity contribution in [2.24, 2.45) is 0 Å². The van der Waals surface area contributed by atoms with Crippen LogP contribution >= 0.6 is 11.3 Å². The molecule has 1 heterocycles. The molecular weight excluding hydrogens is 336 g/mol. The van der Waals surface area contributed by atoms with Gasteiger partial charge in [0.1, 0.15) is 0 Å². The number of anilines is 1. The lowest BCUT2D eigenvalue weighted by molar-refractivity contribution is -0.119. The van der Waals surface area contributed by atoms with Crippen LogP contribution in [-0.2, 0) is 22.4 Å². The van der Waals surface area contributed by atoms with Crippen LogP contribution in [0.25, 0.3) is 10.2 Å². The molecule has 1 N–H and O–H groups in total. The molecule has 3 aromatic rings. The molecule has 0 saturated carbocycles. The number of benzene rings is 2. The fourth-order valence-electron chi connectivity index (χ4n) is 3.04. The van der Waals surface area contributed by atoms with Crippen LogP contribution in [0.4, 0.5) is 5.69 Å². The van der Waals surface area contributed by atoms with E-state index < -0.39 is 5.97 Å². The lowest BCUT2D eigenvalue weighted by atomic mass is 10.1. The van der Waals surface area contributed by atoms with E-state index in [0.29, 0.717) is 5.56 Å². The van der Waals surface area contributed by atoms with Crippen LogP contribution in [0.2, 0.25) is 0 Å². The number of fused-ring (bicyclic) bond motifs is 2. The molecule has 0 fully saturated rings. The molecule has 2 aromatic carbocycles. The Balaban J connectivity index is 1.35. The molecule has 25 heavy (non-hydrogen) atoms. The van der Waals surface area contributed by atoms with Crippen LogP contribution < -0.4 is 5.32 Å². The Morgan fingerprint density at radius 2 is 2.00 bits per heavy atom. The Morgan fingerprint density at radius 3 is 2.92 bits per heavy atom. The van der Waals surface area contributed by atoms with Crippen molar-refractivity contribution in [2.75, 3.05) is 11.9 Å². The summed E-state index contributed by atoms with van der Waals surface area (Å²) in [6.45, 7) is -0.309. The van der Waals surface area contributed by atoms with Gasteiger partial charge in [0.2, 0.25) is 0 Å². The Bertz CT molecular complexity index is 964. The molecule has 6 heteroatoms. The highest BCUT2D eigenvalue weighted by Crippen LogP contribution is 2.25. The standard InChI is InChI=1S/C19H16N2O3S/c22-18(21-15-6-4-12-2-1-3-13(12)8-15)10-24-19(23)14-5-7-16-17(9-14)25-11-20-16/h4-9,11H,1-3,10H2,(H,21,22). The summed E-state index contributed by atoms with van der Waals surface area (Å²) in [5, 5.41) is 2.78. The molecule has 0 atom stereocenters. The molecule has 1 aliphatic rings. The van der Waals surface area contributed by atoms with Gasteiger partial charge in [0, 0.05) is 5.69 Å². The minimum Gasteiger partial charge on any atom is -0.452 e. The fourth-order valence-corrected chi connectivity index (χ4v) is 3.76. The summed E-state index contributed by atoms with van der Waals surface area (Å²) in [7, 11) is 0. The number of carbonyl (C=O) groups is 2. The van der Waals surface area contributed by atoms with E-state index in [9.17, 15) is 9.59 Å². The van der Waals surface area contributed by atoms with Crippen molar-refractivity contribution in [2.45, 2.75) is 19.3 Å². The summed E-state index contributed by atoms with van der Waals surface area (Å²) < 4.78 is 6.03. The van der Waals surface area contributed by atoms with Gasteiger partial charge in [-0.05, 0) is 60.7 Å². The number of nitrogens with one attached hydrogen (secondary N) is 1. The van der Waals surface area contributed by atoms with Crippen molar-refractivity contribution < 1.29 is 14.3 Å². The van der Waals surface area contributed by atoms with E-state index in [4.69, 9.17) is 4.74 Å². The molecule has 5 nitrogen and oxygen atoms in total. The summed E-state index contributed by atoms with van der Waals surface area (Å²) in [4.78, 5) is 28.3. The number of esters is 1. The van der Waals surface area contributed by atoms with Crippen LogP contribution in [0.5, 0.6) is 0 Å². The third-order valence-corrected chi connectivity index (χ3v) is 5.08. The predicted molar refractivity (Wildman–Crippen MR) is 97.0 cm³/mol. The molecule has 1 aromatic heterocycles. The Hall–Kier alpha value is -2.73. The maximum atomic E-state index is 12.1. The van der Waals surface area contributed by atoms with Crippen molar-refractivity contribution in [1.82, 2.24) is 4.98 Å². The maximum absolute atomic E-state index is 12.1. The maximum Gasteiger partial charge on any atom is 0.338 e. The number of rotatable bonds is 4. The van der Waals surface area contributed by atoms with E-state index in [0.717, 1.165) is 35.2 Å². The van der Waals surface area contributed by atoms with E-state index in [1.165, 1.54) is 22.5 Å². The van der Waals surface area contributed by atoms with Crippen molar-refractivity contribution >= 4 is 39.1 Å². The van der Waals surface area contributed by atoms with Crippen LogP contribution in [0.1, 0.15) is 27.9 Å².